The molecule has 2 aromatic rings. The highest BCUT2D eigenvalue weighted by Gasteiger charge is 2.08. The largest absolute Gasteiger partial charge is 0.493 e. The molecule has 1 aromatic carbocycles. The Bertz CT molecular complexity index is 763. The number of nitrogens with zero attached hydrogens (tertiary/aromatic N) is 4. The van der Waals surface area contributed by atoms with Gasteiger partial charge in [0.2, 0.25) is 0 Å². The highest BCUT2D eigenvalue weighted by atomic mass is 127. The number of nitrogens with one attached hydrogen (secondary N) is 1. The first-order valence-electron chi connectivity index (χ1n) is 9.75. The van der Waals surface area contributed by atoms with Crippen LogP contribution in [0.15, 0.2) is 35.6 Å². The smallest absolute Gasteiger partial charge is 0.193 e. The average Bonchev–Trinajstić information content (AvgIpc) is 3.13. The summed E-state index contributed by atoms with van der Waals surface area (Å²) >= 11 is 0. The summed E-state index contributed by atoms with van der Waals surface area (Å²) < 4.78 is 12.5. The summed E-state index contributed by atoms with van der Waals surface area (Å²) in [7, 11) is 7.33. The van der Waals surface area contributed by atoms with Gasteiger partial charge in [-0.15, -0.1) is 24.0 Å². The van der Waals surface area contributed by atoms with E-state index in [9.17, 15) is 0 Å². The monoisotopic (exact) mass is 515 g/mol. The van der Waals surface area contributed by atoms with E-state index < -0.39 is 0 Å². The molecule has 29 heavy (non-hydrogen) atoms. The van der Waals surface area contributed by atoms with E-state index in [1.165, 1.54) is 11.1 Å². The molecule has 1 aromatic heterocycles. The number of benzene rings is 1. The molecule has 0 aliphatic rings. The maximum atomic E-state index is 5.39. The lowest BCUT2D eigenvalue weighted by Crippen LogP contribution is -2.40. The van der Waals surface area contributed by atoms with Gasteiger partial charge in [-0.05, 0) is 49.4 Å². The van der Waals surface area contributed by atoms with E-state index in [2.05, 4.69) is 41.5 Å². The minimum absolute atomic E-state index is 0. The van der Waals surface area contributed by atoms with E-state index in [-0.39, 0.29) is 24.0 Å². The summed E-state index contributed by atoms with van der Waals surface area (Å²) in [6.45, 7) is 4.59. The fourth-order valence-electron chi connectivity index (χ4n) is 2.98. The molecular formula is C21H34IN5O2. The fraction of sp³-hybridized carbons (Fsp3) is 0.524. The minimum Gasteiger partial charge on any atom is -0.493 e. The van der Waals surface area contributed by atoms with Crippen molar-refractivity contribution >= 4 is 29.9 Å². The van der Waals surface area contributed by atoms with E-state index in [1.807, 2.05) is 30.1 Å². The zero-order valence-corrected chi connectivity index (χ0v) is 20.5. The Kier molecular flexibility index (Phi) is 11.5. The molecule has 0 aliphatic carbocycles. The molecule has 0 saturated carbocycles. The summed E-state index contributed by atoms with van der Waals surface area (Å²) in [6.07, 6.45) is 6.88. The number of halogens is 1. The topological polar surface area (TPSA) is 63.9 Å². The van der Waals surface area contributed by atoms with Gasteiger partial charge in [-0.1, -0.05) is 6.07 Å². The van der Waals surface area contributed by atoms with Crippen LogP contribution in [0.25, 0.3) is 0 Å². The number of aryl methyl sites for hydroxylation is 2. The molecule has 0 bridgehead atoms. The van der Waals surface area contributed by atoms with Gasteiger partial charge in [0.05, 0.1) is 20.4 Å². The van der Waals surface area contributed by atoms with Gasteiger partial charge in [0.15, 0.2) is 17.5 Å². The lowest BCUT2D eigenvalue weighted by molar-refractivity contribution is 0.354. The average molecular weight is 515 g/mol. The lowest BCUT2D eigenvalue weighted by Gasteiger charge is -2.22. The first-order valence-corrected chi connectivity index (χ1v) is 9.75. The molecule has 0 atom stereocenters. The zero-order valence-electron chi connectivity index (χ0n) is 18.1. The van der Waals surface area contributed by atoms with Gasteiger partial charge < -0.3 is 19.7 Å². The molecule has 0 unspecified atom stereocenters. The van der Waals surface area contributed by atoms with Crippen LogP contribution >= 0.6 is 24.0 Å². The maximum absolute atomic E-state index is 5.39. The second-order valence-electron chi connectivity index (χ2n) is 6.72. The summed E-state index contributed by atoms with van der Waals surface area (Å²) in [5.41, 5.74) is 2.46. The van der Waals surface area contributed by atoms with E-state index in [0.717, 1.165) is 56.4 Å². The Hall–Kier alpha value is -1.97. The van der Waals surface area contributed by atoms with Gasteiger partial charge >= 0.3 is 0 Å². The van der Waals surface area contributed by atoms with Crippen LogP contribution in [0.3, 0.4) is 0 Å². The number of ether oxygens (including phenoxy) is 2. The predicted octanol–water partition coefficient (Wildman–Crippen LogP) is 3.13. The standard InChI is InChI=1S/C21H33N5O2.HI/c1-6-22-21(23-12-7-8-18-15-24-26(3)16-18)25(2)13-11-17-9-10-19(27-4)20(14-17)28-5;/h9-10,14-16H,6-8,11-13H2,1-5H3,(H,22,23);1H. The van der Waals surface area contributed by atoms with Crippen LogP contribution in [0.4, 0.5) is 0 Å². The van der Waals surface area contributed by atoms with E-state index >= 15 is 0 Å². The summed E-state index contributed by atoms with van der Waals surface area (Å²) in [5.74, 6) is 2.45. The molecule has 0 radical (unpaired) electrons. The molecule has 162 valence electrons. The number of rotatable bonds is 10. The van der Waals surface area contributed by atoms with Crippen LogP contribution in [0, 0.1) is 0 Å². The van der Waals surface area contributed by atoms with Crippen molar-refractivity contribution in [3.63, 3.8) is 0 Å². The molecule has 0 aliphatic heterocycles. The van der Waals surface area contributed by atoms with Gasteiger partial charge in [-0.2, -0.15) is 5.10 Å². The van der Waals surface area contributed by atoms with Crippen molar-refractivity contribution in [1.29, 1.82) is 0 Å². The summed E-state index contributed by atoms with van der Waals surface area (Å²) in [5, 5.41) is 7.58. The number of likely N-dealkylation sites (N-methyl/N-ethyl adjacent to an activating group) is 1. The van der Waals surface area contributed by atoms with Crippen LogP contribution in [-0.2, 0) is 19.9 Å². The lowest BCUT2D eigenvalue weighted by atomic mass is 10.1. The van der Waals surface area contributed by atoms with Crippen molar-refractivity contribution in [3.8, 4) is 11.5 Å². The number of guanidine groups is 1. The maximum Gasteiger partial charge on any atom is 0.193 e. The highest BCUT2D eigenvalue weighted by Crippen LogP contribution is 2.27. The van der Waals surface area contributed by atoms with Crippen LogP contribution in [0.2, 0.25) is 0 Å². The molecule has 0 saturated heterocycles. The summed E-state index contributed by atoms with van der Waals surface area (Å²) in [6, 6.07) is 6.06. The van der Waals surface area contributed by atoms with E-state index in [4.69, 9.17) is 14.5 Å². The third-order valence-electron chi connectivity index (χ3n) is 4.52. The Morgan fingerprint density at radius 2 is 1.93 bits per heavy atom. The van der Waals surface area contributed by atoms with Crippen LogP contribution in [-0.4, -0.2) is 61.5 Å². The molecule has 1 N–H and O–H groups in total. The predicted molar refractivity (Wildman–Crippen MR) is 129 cm³/mol. The molecule has 0 spiro atoms. The van der Waals surface area contributed by atoms with Gasteiger partial charge in [-0.3, -0.25) is 9.67 Å². The van der Waals surface area contributed by atoms with Crippen molar-refractivity contribution in [2.75, 3.05) is 40.9 Å². The molecular weight excluding hydrogens is 481 g/mol. The van der Waals surface area contributed by atoms with Gasteiger partial charge in [-0.25, -0.2) is 0 Å². The molecule has 2 rings (SSSR count). The number of hydrogen-bond donors (Lipinski definition) is 1. The van der Waals surface area contributed by atoms with Crippen molar-refractivity contribution in [2.45, 2.75) is 26.2 Å². The fourth-order valence-corrected chi connectivity index (χ4v) is 2.98. The normalized spacial score (nSPS) is 11.0. The number of hydrogen-bond acceptors (Lipinski definition) is 4. The molecule has 8 heteroatoms. The van der Waals surface area contributed by atoms with Crippen LogP contribution in [0.5, 0.6) is 11.5 Å². The van der Waals surface area contributed by atoms with Crippen molar-refractivity contribution in [2.24, 2.45) is 12.0 Å². The quantitative estimate of drug-likeness (QED) is 0.228. The molecule has 1 heterocycles. The second-order valence-corrected chi connectivity index (χ2v) is 6.72. The first kappa shape index (κ1) is 25.1. The molecule has 7 nitrogen and oxygen atoms in total. The summed E-state index contributed by atoms with van der Waals surface area (Å²) in [4.78, 5) is 6.94. The number of methoxy groups -OCH3 is 2. The first-order chi connectivity index (χ1) is 13.6. The van der Waals surface area contributed by atoms with Crippen LogP contribution < -0.4 is 14.8 Å². The molecule has 0 fully saturated rings. The SMILES string of the molecule is CCNC(=NCCCc1cnn(C)c1)N(C)CCc1ccc(OC)c(OC)c1.I. The third kappa shape index (κ3) is 8.12. The Labute approximate surface area is 191 Å². The third-order valence-corrected chi connectivity index (χ3v) is 4.52. The number of aliphatic imine (C=N–C) groups is 1. The van der Waals surface area contributed by atoms with Gasteiger partial charge in [0.25, 0.3) is 0 Å². The zero-order chi connectivity index (χ0) is 20.4. The van der Waals surface area contributed by atoms with Crippen molar-refractivity contribution in [1.82, 2.24) is 20.0 Å². The Morgan fingerprint density at radius 3 is 2.55 bits per heavy atom. The Morgan fingerprint density at radius 1 is 1.17 bits per heavy atom. The highest BCUT2D eigenvalue weighted by molar-refractivity contribution is 14.0. The minimum atomic E-state index is 0. The van der Waals surface area contributed by atoms with Crippen molar-refractivity contribution < 1.29 is 9.47 Å². The van der Waals surface area contributed by atoms with E-state index in [1.54, 1.807) is 14.2 Å². The van der Waals surface area contributed by atoms with E-state index in [0.29, 0.717) is 0 Å². The Balaban J connectivity index is 0.00000420. The van der Waals surface area contributed by atoms with Crippen molar-refractivity contribution in [3.05, 3.63) is 41.7 Å². The van der Waals surface area contributed by atoms with Gasteiger partial charge in [0.1, 0.15) is 0 Å². The van der Waals surface area contributed by atoms with Gasteiger partial charge in [0, 0.05) is 39.9 Å². The molecule has 0 amide bonds. The second kappa shape index (κ2) is 13.3. The van der Waals surface area contributed by atoms with Crippen LogP contribution in [0.1, 0.15) is 24.5 Å². The number of aromatic nitrogens is 2.